The number of aliphatic hydroxyl groups is 1. The molecule has 2 atom stereocenters. The van der Waals surface area contributed by atoms with Gasteiger partial charge in [0.1, 0.15) is 0 Å². The van der Waals surface area contributed by atoms with Crippen molar-refractivity contribution in [1.82, 2.24) is 9.88 Å². The highest BCUT2D eigenvalue weighted by atomic mass is 16.3. The molecule has 5 nitrogen and oxygen atoms in total. The van der Waals surface area contributed by atoms with Crippen molar-refractivity contribution in [3.8, 4) is 0 Å². The number of carbonyl (C=O) groups is 1. The Bertz CT molecular complexity index is 721. The van der Waals surface area contributed by atoms with Crippen LogP contribution in [0.5, 0.6) is 0 Å². The van der Waals surface area contributed by atoms with Crippen molar-refractivity contribution < 1.29 is 15.0 Å². The number of fused-ring (bicyclic) bond motifs is 1. The van der Waals surface area contributed by atoms with Gasteiger partial charge in [0.2, 0.25) is 0 Å². The second-order valence-corrected chi connectivity index (χ2v) is 7.22. The van der Waals surface area contributed by atoms with Gasteiger partial charge in [-0.1, -0.05) is 18.6 Å². The molecular weight excluding hydrogens is 316 g/mol. The summed E-state index contributed by atoms with van der Waals surface area (Å²) in [6, 6.07) is 10.7. The van der Waals surface area contributed by atoms with Gasteiger partial charge in [0, 0.05) is 30.1 Å². The fourth-order valence-corrected chi connectivity index (χ4v) is 4.47. The van der Waals surface area contributed by atoms with E-state index in [1.807, 2.05) is 12.3 Å². The van der Waals surface area contributed by atoms with Gasteiger partial charge in [-0.25, -0.2) is 0 Å². The van der Waals surface area contributed by atoms with Gasteiger partial charge in [0.15, 0.2) is 0 Å². The molecule has 0 bridgehead atoms. The third kappa shape index (κ3) is 3.99. The Labute approximate surface area is 148 Å². The van der Waals surface area contributed by atoms with E-state index >= 15 is 0 Å². The number of aliphatic hydroxyl groups excluding tert-OH is 1. The summed E-state index contributed by atoms with van der Waals surface area (Å²) in [5.41, 5.74) is 2.59. The van der Waals surface area contributed by atoms with Gasteiger partial charge < -0.3 is 10.2 Å². The number of piperidine rings is 1. The highest BCUT2D eigenvalue weighted by molar-refractivity contribution is 5.78. The number of benzene rings is 1. The minimum atomic E-state index is -0.250. The highest BCUT2D eigenvalue weighted by Gasteiger charge is 2.44. The van der Waals surface area contributed by atoms with Gasteiger partial charge in [-0.2, -0.15) is 0 Å². The number of aromatic nitrogens is 1. The number of likely N-dealkylation sites (tertiary alicyclic amines) is 1. The van der Waals surface area contributed by atoms with Crippen molar-refractivity contribution in [3.05, 3.63) is 42.1 Å². The Morgan fingerprint density at radius 1 is 1.28 bits per heavy atom. The van der Waals surface area contributed by atoms with Gasteiger partial charge in [0.05, 0.1) is 11.6 Å². The van der Waals surface area contributed by atoms with Gasteiger partial charge in [-0.15, -0.1) is 0 Å². The Balaban J connectivity index is 0.000000569. The molecule has 1 aliphatic carbocycles. The third-order valence-corrected chi connectivity index (χ3v) is 5.62. The van der Waals surface area contributed by atoms with Crippen LogP contribution in [-0.2, 0) is 11.3 Å². The lowest BCUT2D eigenvalue weighted by atomic mass is 9.76. The maximum Gasteiger partial charge on any atom is 0.290 e. The van der Waals surface area contributed by atoms with Crippen LogP contribution in [0, 0.1) is 5.41 Å². The molecule has 1 aliphatic heterocycles. The number of carboxylic acid groups (broad SMARTS) is 1. The zero-order valence-electron chi connectivity index (χ0n) is 14.5. The summed E-state index contributed by atoms with van der Waals surface area (Å²) in [4.78, 5) is 15.3. The molecule has 1 aromatic carbocycles. The molecule has 5 heteroatoms. The van der Waals surface area contributed by atoms with Crippen LogP contribution in [-0.4, -0.2) is 45.8 Å². The first-order valence-corrected chi connectivity index (χ1v) is 8.99. The first-order valence-electron chi connectivity index (χ1n) is 8.99. The number of pyridine rings is 1. The van der Waals surface area contributed by atoms with Crippen LogP contribution in [0.25, 0.3) is 10.9 Å². The molecule has 1 saturated heterocycles. The Hall–Kier alpha value is -1.98. The number of rotatable bonds is 2. The standard InChI is InChI=1S/C19H24N2O.CH2O2/c22-18-5-1-8-19(18)9-3-11-21(14-19)13-15-6-7-17-16(12-15)4-2-10-20-17;2-1-3/h2,4,6-7,10,12,18,22H,1,3,5,8-9,11,13-14H2;1H,(H,2,3)/t18-,19-;/m1./s1. The summed E-state index contributed by atoms with van der Waals surface area (Å²) < 4.78 is 0. The third-order valence-electron chi connectivity index (χ3n) is 5.62. The van der Waals surface area contributed by atoms with Crippen molar-refractivity contribution in [2.45, 2.75) is 44.8 Å². The smallest absolute Gasteiger partial charge is 0.290 e. The lowest BCUT2D eigenvalue weighted by Gasteiger charge is -2.42. The van der Waals surface area contributed by atoms with Crippen LogP contribution in [0.2, 0.25) is 0 Å². The van der Waals surface area contributed by atoms with E-state index in [1.54, 1.807) is 0 Å². The van der Waals surface area contributed by atoms with Crippen LogP contribution < -0.4 is 0 Å². The van der Waals surface area contributed by atoms with E-state index < -0.39 is 0 Å². The normalized spacial score (nSPS) is 26.4. The topological polar surface area (TPSA) is 73.7 Å². The molecule has 134 valence electrons. The number of hydrogen-bond donors (Lipinski definition) is 2. The summed E-state index contributed by atoms with van der Waals surface area (Å²) in [6.45, 7) is 2.94. The molecule has 2 aromatic rings. The second-order valence-electron chi connectivity index (χ2n) is 7.22. The summed E-state index contributed by atoms with van der Waals surface area (Å²) in [5, 5.41) is 18.5. The Kier molecular flexibility index (Phi) is 5.66. The monoisotopic (exact) mass is 342 g/mol. The van der Waals surface area contributed by atoms with Gasteiger partial charge in [0.25, 0.3) is 6.47 Å². The van der Waals surface area contributed by atoms with E-state index in [-0.39, 0.29) is 18.0 Å². The van der Waals surface area contributed by atoms with Crippen molar-refractivity contribution in [3.63, 3.8) is 0 Å². The quantitative estimate of drug-likeness (QED) is 0.821. The van der Waals surface area contributed by atoms with Crippen molar-refractivity contribution >= 4 is 17.4 Å². The maximum atomic E-state index is 10.4. The molecule has 1 saturated carbocycles. The predicted molar refractivity (Wildman–Crippen MR) is 97.2 cm³/mol. The first kappa shape index (κ1) is 17.8. The van der Waals surface area contributed by atoms with E-state index in [1.165, 1.54) is 36.6 Å². The molecule has 2 N–H and O–H groups in total. The minimum Gasteiger partial charge on any atom is -0.483 e. The molecular formula is C20H26N2O3. The largest absolute Gasteiger partial charge is 0.483 e. The van der Waals surface area contributed by atoms with Gasteiger partial charge in [-0.05, 0) is 56.0 Å². The first-order chi connectivity index (χ1) is 12.2. The molecule has 2 aliphatic rings. The summed E-state index contributed by atoms with van der Waals surface area (Å²) in [6.07, 6.45) is 7.56. The lowest BCUT2D eigenvalue weighted by molar-refractivity contribution is -0.122. The van der Waals surface area contributed by atoms with Crippen molar-refractivity contribution in [2.75, 3.05) is 13.1 Å². The zero-order chi connectivity index (χ0) is 17.7. The van der Waals surface area contributed by atoms with Gasteiger partial charge >= 0.3 is 0 Å². The molecule has 0 radical (unpaired) electrons. The van der Waals surface area contributed by atoms with E-state index in [9.17, 15) is 5.11 Å². The fraction of sp³-hybridized carbons (Fsp3) is 0.500. The molecule has 25 heavy (non-hydrogen) atoms. The molecule has 1 aromatic heterocycles. The van der Waals surface area contributed by atoms with Crippen molar-refractivity contribution in [2.24, 2.45) is 5.41 Å². The van der Waals surface area contributed by atoms with E-state index in [0.717, 1.165) is 31.6 Å². The van der Waals surface area contributed by atoms with Crippen LogP contribution in [0.15, 0.2) is 36.5 Å². The number of nitrogens with zero attached hydrogens (tertiary/aromatic N) is 2. The van der Waals surface area contributed by atoms with Crippen molar-refractivity contribution in [1.29, 1.82) is 0 Å². The average molecular weight is 342 g/mol. The van der Waals surface area contributed by atoms with E-state index in [4.69, 9.17) is 9.90 Å². The maximum absolute atomic E-state index is 10.4. The van der Waals surface area contributed by atoms with Crippen LogP contribution >= 0.6 is 0 Å². The van der Waals surface area contributed by atoms with Crippen LogP contribution in [0.4, 0.5) is 0 Å². The molecule has 0 unspecified atom stereocenters. The summed E-state index contributed by atoms with van der Waals surface area (Å²) in [5.74, 6) is 0. The average Bonchev–Trinajstić information content (AvgIpc) is 2.95. The zero-order valence-corrected chi connectivity index (χ0v) is 14.5. The summed E-state index contributed by atoms with van der Waals surface area (Å²) in [7, 11) is 0. The van der Waals surface area contributed by atoms with E-state index in [0.29, 0.717) is 0 Å². The molecule has 2 fully saturated rings. The van der Waals surface area contributed by atoms with Crippen LogP contribution in [0.1, 0.15) is 37.7 Å². The highest BCUT2D eigenvalue weighted by Crippen LogP contribution is 2.45. The lowest BCUT2D eigenvalue weighted by Crippen LogP contribution is -2.46. The minimum absolute atomic E-state index is 0.0869. The molecule has 4 rings (SSSR count). The molecule has 1 spiro atoms. The molecule has 2 heterocycles. The Morgan fingerprint density at radius 2 is 2.08 bits per heavy atom. The SMILES string of the molecule is O=CO.O[C@@H]1CCC[C@]12CCCN(Cc1ccc3ncccc3c1)C2. The second kappa shape index (κ2) is 7.93. The fourth-order valence-electron chi connectivity index (χ4n) is 4.47. The predicted octanol–water partition coefficient (Wildman–Crippen LogP) is 3.06. The van der Waals surface area contributed by atoms with E-state index in [2.05, 4.69) is 34.1 Å². The Morgan fingerprint density at radius 3 is 2.84 bits per heavy atom. The molecule has 0 amide bonds. The summed E-state index contributed by atoms with van der Waals surface area (Å²) >= 11 is 0. The van der Waals surface area contributed by atoms with Gasteiger partial charge in [-0.3, -0.25) is 14.7 Å². The number of hydrogen-bond acceptors (Lipinski definition) is 4. The van der Waals surface area contributed by atoms with Crippen LogP contribution in [0.3, 0.4) is 0 Å².